The molecule has 0 radical (unpaired) electrons. The molecule has 2 N–H and O–H groups in total. The van der Waals surface area contributed by atoms with Gasteiger partial charge in [-0.05, 0) is 37.0 Å². The van der Waals surface area contributed by atoms with Gasteiger partial charge in [-0.3, -0.25) is 0 Å². The number of halogens is 3. The van der Waals surface area contributed by atoms with E-state index in [1.54, 1.807) is 12.1 Å². The Labute approximate surface area is 122 Å². The molecule has 21 heavy (non-hydrogen) atoms. The van der Waals surface area contributed by atoms with E-state index < -0.39 is 12.1 Å². The topological polar surface area (TPSA) is 41.5 Å². The summed E-state index contributed by atoms with van der Waals surface area (Å²) in [6.07, 6.45) is -2.36. The summed E-state index contributed by atoms with van der Waals surface area (Å²) < 4.78 is 43.3. The van der Waals surface area contributed by atoms with Crippen LogP contribution in [0, 0.1) is 5.92 Å². The molecule has 1 fully saturated rings. The first-order valence-electron chi connectivity index (χ1n) is 7.06. The van der Waals surface area contributed by atoms with Crippen LogP contribution in [0.15, 0.2) is 18.2 Å². The molecule has 0 bridgehead atoms. The number of alkyl halides is 3. The van der Waals surface area contributed by atoms with Crippen molar-refractivity contribution >= 4 is 0 Å². The lowest BCUT2D eigenvalue weighted by Crippen LogP contribution is -2.38. The molecule has 1 aromatic carbocycles. The third-order valence-corrected chi connectivity index (χ3v) is 3.98. The number of hydrogen-bond donors (Lipinski definition) is 2. The van der Waals surface area contributed by atoms with Crippen LogP contribution in [-0.2, 0) is 6.54 Å². The average Bonchev–Trinajstić information content (AvgIpc) is 2.46. The van der Waals surface area contributed by atoms with E-state index in [-0.39, 0.29) is 24.6 Å². The van der Waals surface area contributed by atoms with Crippen LogP contribution in [0.2, 0.25) is 0 Å². The van der Waals surface area contributed by atoms with Crippen molar-refractivity contribution in [1.29, 1.82) is 0 Å². The van der Waals surface area contributed by atoms with Crippen molar-refractivity contribution in [2.24, 2.45) is 5.92 Å². The van der Waals surface area contributed by atoms with E-state index >= 15 is 0 Å². The highest BCUT2D eigenvalue weighted by Gasteiger charge is 2.41. The molecule has 0 heterocycles. The summed E-state index contributed by atoms with van der Waals surface area (Å²) in [5.74, 6) is -0.778. The Morgan fingerprint density at radius 3 is 2.76 bits per heavy atom. The first-order chi connectivity index (χ1) is 9.90. The minimum atomic E-state index is -4.10. The third kappa shape index (κ3) is 4.27. The van der Waals surface area contributed by atoms with Crippen LogP contribution in [0.3, 0.4) is 0 Å². The molecule has 1 aromatic rings. The van der Waals surface area contributed by atoms with Crippen LogP contribution in [0.25, 0.3) is 0 Å². The highest BCUT2D eigenvalue weighted by molar-refractivity contribution is 5.41. The largest absolute Gasteiger partial charge is 0.504 e. The van der Waals surface area contributed by atoms with Gasteiger partial charge < -0.3 is 15.2 Å². The maximum Gasteiger partial charge on any atom is 0.391 e. The fourth-order valence-electron chi connectivity index (χ4n) is 2.77. The fourth-order valence-corrected chi connectivity index (χ4v) is 2.77. The minimum absolute atomic E-state index is 0.0519. The Bertz CT molecular complexity index is 476. The predicted octanol–water partition coefficient (Wildman–Crippen LogP) is 3.61. The zero-order valence-electron chi connectivity index (χ0n) is 11.9. The minimum Gasteiger partial charge on any atom is -0.504 e. The second kappa shape index (κ2) is 6.56. The van der Waals surface area contributed by atoms with Crippen molar-refractivity contribution < 1.29 is 23.0 Å². The summed E-state index contributed by atoms with van der Waals surface area (Å²) in [4.78, 5) is 0. The zero-order chi connectivity index (χ0) is 15.5. The van der Waals surface area contributed by atoms with E-state index in [1.165, 1.54) is 13.2 Å². The number of nitrogens with one attached hydrogen (secondary N) is 1. The molecule has 0 spiro atoms. The van der Waals surface area contributed by atoms with Gasteiger partial charge >= 0.3 is 6.18 Å². The molecule has 1 aliphatic carbocycles. The van der Waals surface area contributed by atoms with Crippen molar-refractivity contribution in [2.75, 3.05) is 7.11 Å². The summed E-state index contributed by atoms with van der Waals surface area (Å²) in [6, 6.07) is 4.82. The third-order valence-electron chi connectivity index (χ3n) is 3.98. The highest BCUT2D eigenvalue weighted by Crippen LogP contribution is 2.37. The molecule has 3 nitrogen and oxygen atoms in total. The van der Waals surface area contributed by atoms with Crippen LogP contribution >= 0.6 is 0 Å². The lowest BCUT2D eigenvalue weighted by Gasteiger charge is -2.31. The molecule has 0 aliphatic heterocycles. The van der Waals surface area contributed by atoms with Gasteiger partial charge in [-0.2, -0.15) is 13.2 Å². The molecule has 1 saturated carbocycles. The van der Waals surface area contributed by atoms with E-state index in [1.807, 2.05) is 0 Å². The Hall–Kier alpha value is -1.43. The van der Waals surface area contributed by atoms with E-state index in [0.717, 1.165) is 12.0 Å². The van der Waals surface area contributed by atoms with Gasteiger partial charge in [-0.25, -0.2) is 0 Å². The maximum atomic E-state index is 12.7. The number of rotatable bonds is 4. The summed E-state index contributed by atoms with van der Waals surface area (Å²) in [6.45, 7) is 0.464. The SMILES string of the molecule is COc1cc(CNC2CCCC(C(F)(F)F)C2)ccc1O. The molecule has 0 saturated heterocycles. The van der Waals surface area contributed by atoms with E-state index in [2.05, 4.69) is 5.32 Å². The van der Waals surface area contributed by atoms with Gasteiger partial charge in [-0.15, -0.1) is 0 Å². The summed E-state index contributed by atoms with van der Waals surface area (Å²) in [5, 5.41) is 12.7. The van der Waals surface area contributed by atoms with Crippen molar-refractivity contribution in [3.05, 3.63) is 23.8 Å². The molecular weight excluding hydrogens is 283 g/mol. The summed E-state index contributed by atoms with van der Waals surface area (Å²) in [7, 11) is 1.46. The van der Waals surface area contributed by atoms with Crippen molar-refractivity contribution in [3.8, 4) is 11.5 Å². The van der Waals surface area contributed by atoms with E-state index in [4.69, 9.17) is 4.74 Å². The van der Waals surface area contributed by atoms with Gasteiger partial charge in [0.05, 0.1) is 13.0 Å². The number of hydrogen-bond acceptors (Lipinski definition) is 3. The number of methoxy groups -OCH3 is 1. The maximum absolute atomic E-state index is 12.7. The van der Waals surface area contributed by atoms with Crippen LogP contribution in [-0.4, -0.2) is 24.4 Å². The monoisotopic (exact) mass is 303 g/mol. The van der Waals surface area contributed by atoms with Gasteiger partial charge in [0.1, 0.15) is 0 Å². The predicted molar refractivity (Wildman–Crippen MR) is 73.3 cm³/mol. The molecule has 118 valence electrons. The fraction of sp³-hybridized carbons (Fsp3) is 0.600. The number of phenolic OH excluding ortho intramolecular Hbond substituents is 1. The molecule has 6 heteroatoms. The number of ether oxygens (including phenoxy) is 1. The molecule has 2 unspecified atom stereocenters. The first kappa shape index (κ1) is 15.9. The van der Waals surface area contributed by atoms with Crippen LogP contribution < -0.4 is 10.1 Å². The van der Waals surface area contributed by atoms with Gasteiger partial charge in [0.15, 0.2) is 11.5 Å². The van der Waals surface area contributed by atoms with Crippen molar-refractivity contribution in [1.82, 2.24) is 5.32 Å². The molecule has 0 aromatic heterocycles. The Balaban J connectivity index is 1.91. The quantitative estimate of drug-likeness (QED) is 0.893. The van der Waals surface area contributed by atoms with Gasteiger partial charge in [-0.1, -0.05) is 12.5 Å². The molecular formula is C15H20F3NO2. The molecule has 2 rings (SSSR count). The van der Waals surface area contributed by atoms with E-state index in [9.17, 15) is 18.3 Å². The average molecular weight is 303 g/mol. The second-order valence-electron chi connectivity index (χ2n) is 5.49. The highest BCUT2D eigenvalue weighted by atomic mass is 19.4. The molecule has 0 amide bonds. The van der Waals surface area contributed by atoms with E-state index in [0.29, 0.717) is 18.7 Å². The lowest BCUT2D eigenvalue weighted by molar-refractivity contribution is -0.183. The Morgan fingerprint density at radius 2 is 2.10 bits per heavy atom. The van der Waals surface area contributed by atoms with Crippen molar-refractivity contribution in [3.63, 3.8) is 0 Å². The normalized spacial score (nSPS) is 23.0. The van der Waals surface area contributed by atoms with Gasteiger partial charge in [0.2, 0.25) is 0 Å². The molecule has 2 atom stereocenters. The van der Waals surface area contributed by atoms with Crippen LogP contribution in [0.4, 0.5) is 13.2 Å². The van der Waals surface area contributed by atoms with Crippen LogP contribution in [0.1, 0.15) is 31.2 Å². The Morgan fingerprint density at radius 1 is 1.33 bits per heavy atom. The Kier molecular flexibility index (Phi) is 4.98. The lowest BCUT2D eigenvalue weighted by atomic mass is 9.85. The number of aromatic hydroxyl groups is 1. The van der Waals surface area contributed by atoms with Crippen molar-refractivity contribution in [2.45, 2.75) is 44.4 Å². The second-order valence-corrected chi connectivity index (χ2v) is 5.49. The standard InChI is InChI=1S/C15H20F3NO2/c1-21-14-7-10(5-6-13(14)20)9-19-12-4-2-3-11(8-12)15(16,17)18/h5-7,11-12,19-20H,2-4,8-9H2,1H3. The molecule has 1 aliphatic rings. The smallest absolute Gasteiger partial charge is 0.391 e. The van der Waals surface area contributed by atoms with Gasteiger partial charge in [0.25, 0.3) is 0 Å². The summed E-state index contributed by atoms with van der Waals surface area (Å²) >= 11 is 0. The first-order valence-corrected chi connectivity index (χ1v) is 7.06. The number of phenols is 1. The number of benzene rings is 1. The van der Waals surface area contributed by atoms with Gasteiger partial charge in [0, 0.05) is 12.6 Å². The zero-order valence-corrected chi connectivity index (χ0v) is 11.9. The summed E-state index contributed by atoms with van der Waals surface area (Å²) in [5.41, 5.74) is 0.874. The van der Waals surface area contributed by atoms with Crippen LogP contribution in [0.5, 0.6) is 11.5 Å².